The van der Waals surface area contributed by atoms with Crippen LogP contribution >= 0.6 is 11.8 Å². The highest BCUT2D eigenvalue weighted by molar-refractivity contribution is 7.99. The summed E-state index contributed by atoms with van der Waals surface area (Å²) in [4.78, 5) is 20.5. The number of para-hydroxylation sites is 1. The lowest BCUT2D eigenvalue weighted by atomic mass is 9.92. The Labute approximate surface area is 163 Å². The summed E-state index contributed by atoms with van der Waals surface area (Å²) >= 11 is 1.83. The molecule has 1 aromatic carbocycles. The second-order valence-corrected chi connectivity index (χ2v) is 7.55. The Morgan fingerprint density at radius 1 is 1.26 bits per heavy atom. The molecule has 138 valence electrons. The summed E-state index contributed by atoms with van der Waals surface area (Å²) in [6.45, 7) is 4.09. The summed E-state index contributed by atoms with van der Waals surface area (Å²) < 4.78 is 4.99. The van der Waals surface area contributed by atoms with Gasteiger partial charge in [-0.3, -0.25) is 4.98 Å². The number of methoxy groups -OCH3 is 1. The first-order valence-corrected chi connectivity index (χ1v) is 9.77. The fourth-order valence-electron chi connectivity index (χ4n) is 3.66. The van der Waals surface area contributed by atoms with Crippen LogP contribution in [0, 0.1) is 0 Å². The van der Waals surface area contributed by atoms with E-state index in [0.29, 0.717) is 11.3 Å². The predicted octanol–water partition coefficient (Wildman–Crippen LogP) is 4.04. The van der Waals surface area contributed by atoms with Crippen LogP contribution in [0.4, 0.5) is 5.69 Å². The maximum absolute atomic E-state index is 12.3. The van der Waals surface area contributed by atoms with Gasteiger partial charge in [0, 0.05) is 28.1 Å². The number of aromatic nitrogens is 1. The lowest BCUT2D eigenvalue weighted by Crippen LogP contribution is -2.38. The van der Waals surface area contributed by atoms with Gasteiger partial charge in [0.05, 0.1) is 36.0 Å². The van der Waals surface area contributed by atoms with Crippen molar-refractivity contribution >= 4 is 29.0 Å². The number of benzene rings is 1. The third-order valence-electron chi connectivity index (χ3n) is 4.83. The van der Waals surface area contributed by atoms with E-state index in [-0.39, 0.29) is 12.0 Å². The van der Waals surface area contributed by atoms with Gasteiger partial charge in [0.2, 0.25) is 0 Å². The predicted molar refractivity (Wildman–Crippen MR) is 108 cm³/mol. The van der Waals surface area contributed by atoms with Crippen LogP contribution in [0.5, 0.6) is 0 Å². The molecule has 3 heterocycles. The van der Waals surface area contributed by atoms with Crippen LogP contribution in [-0.4, -0.2) is 30.0 Å². The van der Waals surface area contributed by atoms with Gasteiger partial charge >= 0.3 is 5.97 Å². The molecule has 1 aromatic heterocycles. The van der Waals surface area contributed by atoms with Crippen molar-refractivity contribution in [2.24, 2.45) is 0 Å². The minimum absolute atomic E-state index is 0.0132. The van der Waals surface area contributed by atoms with Crippen molar-refractivity contribution in [3.63, 3.8) is 0 Å². The average molecular weight is 379 g/mol. The molecule has 0 aliphatic carbocycles. The number of anilines is 1. The zero-order valence-corrected chi connectivity index (χ0v) is 16.3. The molecule has 2 aliphatic heterocycles. The van der Waals surface area contributed by atoms with Gasteiger partial charge in [-0.2, -0.15) is 0 Å². The molecule has 0 bridgehead atoms. The zero-order chi connectivity index (χ0) is 19.0. The van der Waals surface area contributed by atoms with Gasteiger partial charge in [0.1, 0.15) is 0 Å². The van der Waals surface area contributed by atoms with E-state index < -0.39 is 0 Å². The fourth-order valence-corrected chi connectivity index (χ4v) is 4.75. The lowest BCUT2D eigenvalue weighted by molar-refractivity contribution is 0.0600. The van der Waals surface area contributed by atoms with Gasteiger partial charge in [0.25, 0.3) is 0 Å². The summed E-state index contributed by atoms with van der Waals surface area (Å²) in [5.74, 6) is 0.477. The van der Waals surface area contributed by atoms with Crippen LogP contribution in [0.1, 0.15) is 29.9 Å². The summed E-state index contributed by atoms with van der Waals surface area (Å²) in [5, 5.41) is 3.40. The number of ether oxygens (including phenoxy) is 1. The number of hydrogen-bond acceptors (Lipinski definition) is 6. The van der Waals surface area contributed by atoms with Crippen molar-refractivity contribution in [1.29, 1.82) is 0 Å². The Kier molecular flexibility index (Phi) is 4.66. The van der Waals surface area contributed by atoms with Crippen LogP contribution in [-0.2, 0) is 4.74 Å². The molecule has 0 amide bonds. The number of dihydropyridines is 1. The van der Waals surface area contributed by atoms with E-state index in [1.165, 1.54) is 17.7 Å². The number of fused-ring (bicyclic) bond motifs is 1. The van der Waals surface area contributed by atoms with E-state index in [9.17, 15) is 4.79 Å². The van der Waals surface area contributed by atoms with Crippen molar-refractivity contribution in [2.45, 2.75) is 24.8 Å². The first kappa shape index (κ1) is 17.7. The Balaban J connectivity index is 1.85. The number of pyridine rings is 1. The Hall–Kier alpha value is -2.73. The molecule has 2 aliphatic rings. The number of rotatable bonds is 3. The Morgan fingerprint density at radius 3 is 2.89 bits per heavy atom. The van der Waals surface area contributed by atoms with Crippen molar-refractivity contribution in [3.05, 3.63) is 71.3 Å². The first-order chi connectivity index (χ1) is 13.1. The van der Waals surface area contributed by atoms with Gasteiger partial charge in [-0.15, -0.1) is 11.8 Å². The molecule has 6 heteroatoms. The minimum atomic E-state index is -0.375. The number of carbonyl (C=O) groups is 1. The van der Waals surface area contributed by atoms with E-state index in [4.69, 9.17) is 4.74 Å². The van der Waals surface area contributed by atoms with E-state index in [1.807, 2.05) is 18.7 Å². The normalized spacial score (nSPS) is 18.7. The summed E-state index contributed by atoms with van der Waals surface area (Å²) in [6.07, 6.45) is 3.91. The molecule has 0 saturated carbocycles. The first-order valence-electron chi connectivity index (χ1n) is 8.78. The van der Waals surface area contributed by atoms with Crippen LogP contribution < -0.4 is 10.2 Å². The molecule has 1 atom stereocenters. The molecule has 0 saturated heterocycles. The number of nitrogens with one attached hydrogen (secondary N) is 1. The number of carbonyl (C=O) groups excluding carboxylic acids is 1. The third kappa shape index (κ3) is 3.10. The van der Waals surface area contributed by atoms with Gasteiger partial charge in [-0.05, 0) is 44.2 Å². The van der Waals surface area contributed by atoms with Crippen molar-refractivity contribution in [3.8, 4) is 0 Å². The zero-order valence-electron chi connectivity index (χ0n) is 15.5. The van der Waals surface area contributed by atoms with E-state index in [1.54, 1.807) is 18.3 Å². The maximum atomic E-state index is 12.3. The van der Waals surface area contributed by atoms with Gasteiger partial charge in [0.15, 0.2) is 0 Å². The maximum Gasteiger partial charge on any atom is 0.340 e. The molecule has 4 rings (SSSR count). The average Bonchev–Trinajstić information content (AvgIpc) is 3.11. The Bertz CT molecular complexity index is 967. The summed E-state index contributed by atoms with van der Waals surface area (Å²) in [5.41, 5.74) is 5.44. The monoisotopic (exact) mass is 379 g/mol. The van der Waals surface area contributed by atoms with E-state index in [0.717, 1.165) is 22.8 Å². The number of hydrogen-bond donors (Lipinski definition) is 1. The quantitative estimate of drug-likeness (QED) is 0.812. The largest absolute Gasteiger partial charge is 0.465 e. The highest BCUT2D eigenvalue weighted by atomic mass is 32.2. The number of nitrogens with zero attached hydrogens (tertiary/aromatic N) is 2. The van der Waals surface area contributed by atoms with E-state index >= 15 is 0 Å². The minimum Gasteiger partial charge on any atom is -0.465 e. The van der Waals surface area contributed by atoms with Crippen molar-refractivity contribution in [1.82, 2.24) is 10.3 Å². The van der Waals surface area contributed by atoms with Crippen molar-refractivity contribution < 1.29 is 9.53 Å². The number of thioether (sulfide) groups is 1. The topological polar surface area (TPSA) is 54.5 Å². The Morgan fingerprint density at radius 2 is 2.07 bits per heavy atom. The fraction of sp³-hybridized carbons (Fsp3) is 0.238. The van der Waals surface area contributed by atoms with Crippen LogP contribution in [0.2, 0.25) is 0 Å². The van der Waals surface area contributed by atoms with Gasteiger partial charge < -0.3 is 15.0 Å². The number of allylic oxidation sites excluding steroid dienone is 2. The smallest absolute Gasteiger partial charge is 0.340 e. The molecule has 1 unspecified atom stereocenters. The van der Waals surface area contributed by atoms with Gasteiger partial charge in [-0.25, -0.2) is 4.79 Å². The highest BCUT2D eigenvalue weighted by Gasteiger charge is 2.33. The SMILES string of the molecule is COC(=O)c1cccnc1C1=C(C)NC(C)=CC1N1CSc2ccccc21. The molecule has 2 aromatic rings. The molecule has 5 nitrogen and oxygen atoms in total. The molecule has 1 N–H and O–H groups in total. The second kappa shape index (κ2) is 7.12. The van der Waals surface area contributed by atoms with Crippen LogP contribution in [0.25, 0.3) is 5.57 Å². The second-order valence-electron chi connectivity index (χ2n) is 6.56. The van der Waals surface area contributed by atoms with Crippen LogP contribution in [0.15, 0.2) is 65.0 Å². The summed E-state index contributed by atoms with van der Waals surface area (Å²) in [7, 11) is 1.40. The molecule has 27 heavy (non-hydrogen) atoms. The van der Waals surface area contributed by atoms with Crippen LogP contribution in [0.3, 0.4) is 0 Å². The molecular weight excluding hydrogens is 358 g/mol. The molecule has 0 spiro atoms. The van der Waals surface area contributed by atoms with Gasteiger partial charge in [-0.1, -0.05) is 12.1 Å². The lowest BCUT2D eigenvalue weighted by Gasteiger charge is -2.34. The van der Waals surface area contributed by atoms with Crippen molar-refractivity contribution in [2.75, 3.05) is 17.9 Å². The summed E-state index contributed by atoms with van der Waals surface area (Å²) in [6, 6.07) is 11.9. The molecular formula is C21H21N3O2S. The number of esters is 1. The van der Waals surface area contributed by atoms with E-state index in [2.05, 4.69) is 52.5 Å². The molecule has 0 fully saturated rings. The highest BCUT2D eigenvalue weighted by Crippen LogP contribution is 2.43. The standard InChI is InChI=1S/C21H21N3O2S/c1-13-11-17(24-12-27-18-9-5-4-8-16(18)24)19(14(2)23-13)20-15(21(25)26-3)7-6-10-22-20/h4-11,17,23H,12H2,1-3H3. The third-order valence-corrected chi connectivity index (χ3v) is 5.89. The molecule has 0 radical (unpaired) electrons.